The molecule has 2 saturated carbocycles. The van der Waals surface area contributed by atoms with E-state index in [1.165, 1.54) is 0 Å². The summed E-state index contributed by atoms with van der Waals surface area (Å²) < 4.78 is 0. The van der Waals surface area contributed by atoms with E-state index in [-0.39, 0.29) is 36.4 Å². The Labute approximate surface area is 144 Å². The molecule has 0 bridgehead atoms. The maximum atomic E-state index is 10.8. The summed E-state index contributed by atoms with van der Waals surface area (Å²) in [7, 11) is 0. The molecule has 4 nitrogen and oxygen atoms in total. The topological polar surface area (TPSA) is 80.9 Å². The standard InChI is InChI=1S/C20H32O4/c1-12(10-21)13-4-5-15-14(8-13)16(23)9-17-19(15,2)7-6-18(24)20(17,3)11-22/h8,13,15-18,21-24H,1,4-7,9-11H2,2-3H3/t13-,15-,16-,17+,18+,19+,20+/m0/s1. The Balaban J connectivity index is 1.98. The van der Waals surface area contributed by atoms with Crippen LogP contribution in [0.4, 0.5) is 0 Å². The van der Waals surface area contributed by atoms with Crippen molar-refractivity contribution in [2.24, 2.45) is 28.6 Å². The van der Waals surface area contributed by atoms with E-state index in [1.54, 1.807) is 0 Å². The number of allylic oxidation sites excluding steroid dienone is 1. The Morgan fingerprint density at radius 1 is 1.21 bits per heavy atom. The number of aliphatic hydroxyl groups excluding tert-OH is 4. The zero-order chi connectivity index (χ0) is 17.7. The van der Waals surface area contributed by atoms with Gasteiger partial charge in [-0.25, -0.2) is 0 Å². The van der Waals surface area contributed by atoms with E-state index < -0.39 is 17.6 Å². The first-order chi connectivity index (χ1) is 11.3. The van der Waals surface area contributed by atoms with Gasteiger partial charge in [-0.1, -0.05) is 26.5 Å². The third kappa shape index (κ3) is 2.50. The molecule has 0 amide bonds. The number of hydrogen-bond acceptors (Lipinski definition) is 4. The van der Waals surface area contributed by atoms with Gasteiger partial charge in [-0.2, -0.15) is 0 Å². The van der Waals surface area contributed by atoms with Crippen LogP contribution in [0.15, 0.2) is 23.8 Å². The zero-order valence-corrected chi connectivity index (χ0v) is 14.9. The van der Waals surface area contributed by atoms with Crippen LogP contribution in [-0.4, -0.2) is 45.8 Å². The van der Waals surface area contributed by atoms with Crippen molar-refractivity contribution < 1.29 is 20.4 Å². The average Bonchev–Trinajstić information content (AvgIpc) is 2.60. The molecule has 3 aliphatic rings. The lowest BCUT2D eigenvalue weighted by atomic mass is 9.44. The highest BCUT2D eigenvalue weighted by Gasteiger charge is 2.59. The Kier molecular flexibility index (Phi) is 4.71. The van der Waals surface area contributed by atoms with Gasteiger partial charge < -0.3 is 20.4 Å². The molecule has 4 heteroatoms. The maximum Gasteiger partial charge on any atom is 0.0756 e. The van der Waals surface area contributed by atoms with Crippen LogP contribution in [0.3, 0.4) is 0 Å². The minimum atomic E-state index is -0.551. The lowest BCUT2D eigenvalue weighted by Crippen LogP contribution is -2.60. The molecule has 0 heterocycles. The fourth-order valence-corrected chi connectivity index (χ4v) is 5.91. The molecule has 4 N–H and O–H groups in total. The summed E-state index contributed by atoms with van der Waals surface area (Å²) in [5, 5.41) is 40.7. The van der Waals surface area contributed by atoms with Gasteiger partial charge in [0.25, 0.3) is 0 Å². The van der Waals surface area contributed by atoms with Crippen LogP contribution >= 0.6 is 0 Å². The molecule has 3 rings (SSSR count). The minimum Gasteiger partial charge on any atom is -0.396 e. The first-order valence-corrected chi connectivity index (χ1v) is 9.25. The lowest BCUT2D eigenvalue weighted by Gasteiger charge is -2.61. The van der Waals surface area contributed by atoms with Gasteiger partial charge in [-0.3, -0.25) is 0 Å². The molecule has 136 valence electrons. The number of rotatable bonds is 3. The predicted octanol–water partition coefficient (Wildman–Crippen LogP) is 2.03. The van der Waals surface area contributed by atoms with Gasteiger partial charge >= 0.3 is 0 Å². The lowest BCUT2D eigenvalue weighted by molar-refractivity contribution is -0.166. The highest BCUT2D eigenvalue weighted by atomic mass is 16.3. The first-order valence-electron chi connectivity index (χ1n) is 9.25. The van der Waals surface area contributed by atoms with Gasteiger partial charge in [0.15, 0.2) is 0 Å². The van der Waals surface area contributed by atoms with Crippen LogP contribution in [0.1, 0.15) is 46.0 Å². The van der Waals surface area contributed by atoms with Crippen molar-refractivity contribution in [3.05, 3.63) is 23.8 Å². The summed E-state index contributed by atoms with van der Waals surface area (Å²) in [5.74, 6) is 0.537. The van der Waals surface area contributed by atoms with Crippen LogP contribution in [0.5, 0.6) is 0 Å². The maximum absolute atomic E-state index is 10.8. The molecule has 0 aromatic heterocycles. The quantitative estimate of drug-likeness (QED) is 0.595. The normalized spacial score (nSPS) is 48.2. The second-order valence-electron chi connectivity index (χ2n) is 8.75. The average molecular weight is 336 g/mol. The summed E-state index contributed by atoms with van der Waals surface area (Å²) in [4.78, 5) is 0. The molecular formula is C20H32O4. The molecule has 3 aliphatic carbocycles. The Hall–Kier alpha value is -0.680. The van der Waals surface area contributed by atoms with E-state index >= 15 is 0 Å². The molecular weight excluding hydrogens is 304 g/mol. The van der Waals surface area contributed by atoms with E-state index in [0.717, 1.165) is 30.4 Å². The van der Waals surface area contributed by atoms with E-state index in [9.17, 15) is 20.4 Å². The zero-order valence-electron chi connectivity index (χ0n) is 14.9. The summed E-state index contributed by atoms with van der Waals surface area (Å²) in [5.41, 5.74) is 1.36. The predicted molar refractivity (Wildman–Crippen MR) is 93.2 cm³/mol. The monoisotopic (exact) mass is 336 g/mol. The van der Waals surface area contributed by atoms with Gasteiger partial charge in [-0.15, -0.1) is 0 Å². The number of hydrogen-bond donors (Lipinski definition) is 4. The minimum absolute atomic E-state index is 0.00666. The van der Waals surface area contributed by atoms with Crippen LogP contribution in [0.2, 0.25) is 0 Å². The van der Waals surface area contributed by atoms with Crippen LogP contribution in [0.25, 0.3) is 0 Å². The van der Waals surface area contributed by atoms with Crippen molar-refractivity contribution >= 4 is 0 Å². The van der Waals surface area contributed by atoms with Gasteiger partial charge in [0.1, 0.15) is 0 Å². The number of fused-ring (bicyclic) bond motifs is 3. The van der Waals surface area contributed by atoms with Gasteiger partial charge in [0.05, 0.1) is 25.4 Å². The smallest absolute Gasteiger partial charge is 0.0756 e. The van der Waals surface area contributed by atoms with Crippen molar-refractivity contribution in [1.29, 1.82) is 0 Å². The van der Waals surface area contributed by atoms with E-state index in [4.69, 9.17) is 0 Å². The van der Waals surface area contributed by atoms with Crippen molar-refractivity contribution in [2.75, 3.05) is 13.2 Å². The van der Waals surface area contributed by atoms with E-state index in [0.29, 0.717) is 12.8 Å². The second kappa shape index (κ2) is 6.24. The van der Waals surface area contributed by atoms with E-state index in [1.807, 2.05) is 6.92 Å². The van der Waals surface area contributed by atoms with Gasteiger partial charge in [-0.05, 0) is 60.5 Å². The molecule has 7 atom stereocenters. The SMILES string of the molecule is C=C(CO)[C@@H]1C=C2[C@@H](O)C[C@@H]3[C@](C)(CC[C@@H](O)[C@]3(C)CO)[C@H]2CC1. The number of aliphatic hydroxyl groups is 4. The second-order valence-corrected chi connectivity index (χ2v) is 8.75. The van der Waals surface area contributed by atoms with Crippen molar-refractivity contribution in [2.45, 2.75) is 58.2 Å². The molecule has 0 unspecified atom stereocenters. The Bertz CT molecular complexity index is 542. The molecule has 24 heavy (non-hydrogen) atoms. The molecule has 2 fully saturated rings. The summed E-state index contributed by atoms with van der Waals surface area (Å²) in [6, 6.07) is 0. The van der Waals surface area contributed by atoms with Crippen LogP contribution < -0.4 is 0 Å². The largest absolute Gasteiger partial charge is 0.396 e. The third-order valence-electron chi connectivity index (χ3n) is 7.58. The summed E-state index contributed by atoms with van der Waals surface area (Å²) in [6.45, 7) is 8.16. The van der Waals surface area contributed by atoms with Gasteiger partial charge in [0.2, 0.25) is 0 Å². The molecule has 0 saturated heterocycles. The van der Waals surface area contributed by atoms with Crippen LogP contribution in [0, 0.1) is 28.6 Å². The molecule has 0 aromatic carbocycles. The third-order valence-corrected chi connectivity index (χ3v) is 7.58. The van der Waals surface area contributed by atoms with E-state index in [2.05, 4.69) is 19.6 Å². The highest BCUT2D eigenvalue weighted by Crippen LogP contribution is 2.63. The fraction of sp³-hybridized carbons (Fsp3) is 0.800. The molecule has 0 aromatic rings. The van der Waals surface area contributed by atoms with Crippen molar-refractivity contribution in [3.63, 3.8) is 0 Å². The highest BCUT2D eigenvalue weighted by molar-refractivity contribution is 5.29. The Morgan fingerprint density at radius 2 is 1.92 bits per heavy atom. The summed E-state index contributed by atoms with van der Waals surface area (Å²) >= 11 is 0. The van der Waals surface area contributed by atoms with Crippen molar-refractivity contribution in [1.82, 2.24) is 0 Å². The first kappa shape index (κ1) is 18.1. The fourth-order valence-electron chi connectivity index (χ4n) is 5.91. The van der Waals surface area contributed by atoms with Crippen molar-refractivity contribution in [3.8, 4) is 0 Å². The molecule has 0 spiro atoms. The summed E-state index contributed by atoms with van der Waals surface area (Å²) in [6.07, 6.45) is 5.23. The molecule has 0 aliphatic heterocycles. The Morgan fingerprint density at radius 3 is 2.54 bits per heavy atom. The molecule has 0 radical (unpaired) electrons. The van der Waals surface area contributed by atoms with Crippen LogP contribution in [-0.2, 0) is 0 Å². The van der Waals surface area contributed by atoms with Gasteiger partial charge in [0, 0.05) is 11.3 Å².